The lowest BCUT2D eigenvalue weighted by Gasteiger charge is -2.31. The number of carbonyl (C=O) groups excluding carboxylic acids is 1. The number of amides is 1. The molecule has 0 unspecified atom stereocenters. The lowest BCUT2D eigenvalue weighted by Crippen LogP contribution is -2.45. The second kappa shape index (κ2) is 10.9. The first-order valence-corrected chi connectivity index (χ1v) is 13.2. The second-order valence-corrected chi connectivity index (χ2v) is 10.2. The van der Waals surface area contributed by atoms with Gasteiger partial charge in [-0.2, -0.15) is 0 Å². The molecule has 1 aliphatic rings. The van der Waals surface area contributed by atoms with Gasteiger partial charge in [0.1, 0.15) is 5.82 Å². The largest absolute Gasteiger partial charge is 0.353 e. The van der Waals surface area contributed by atoms with Crippen molar-refractivity contribution >= 4 is 27.4 Å². The fourth-order valence-electron chi connectivity index (χ4n) is 4.03. The molecule has 3 aromatic rings. The molecule has 2 heterocycles. The molecular weight excluding hydrogens is 462 g/mol. The summed E-state index contributed by atoms with van der Waals surface area (Å²) >= 11 is 0. The summed E-state index contributed by atoms with van der Waals surface area (Å²) in [7, 11) is -3.82. The molecule has 1 saturated heterocycles. The zero-order valence-corrected chi connectivity index (χ0v) is 20.9. The maximum atomic E-state index is 13.7. The van der Waals surface area contributed by atoms with Crippen LogP contribution in [0.4, 0.5) is 11.5 Å². The Balaban J connectivity index is 1.67. The van der Waals surface area contributed by atoms with Crippen molar-refractivity contribution in [3.8, 4) is 0 Å². The number of aryl methyl sites for hydroxylation is 1. The molecule has 0 aliphatic carbocycles. The van der Waals surface area contributed by atoms with Crippen LogP contribution in [0, 0.1) is 6.92 Å². The van der Waals surface area contributed by atoms with Crippen LogP contribution in [-0.2, 0) is 16.6 Å². The highest BCUT2D eigenvalue weighted by atomic mass is 32.2. The minimum Gasteiger partial charge on any atom is -0.353 e. The van der Waals surface area contributed by atoms with E-state index in [-0.39, 0.29) is 16.5 Å². The van der Waals surface area contributed by atoms with E-state index in [1.807, 2.05) is 44.2 Å². The monoisotopic (exact) mass is 493 g/mol. The van der Waals surface area contributed by atoms with Crippen molar-refractivity contribution in [2.45, 2.75) is 25.3 Å². The summed E-state index contributed by atoms with van der Waals surface area (Å²) in [6, 6.07) is 18.0. The van der Waals surface area contributed by atoms with E-state index >= 15 is 0 Å². The van der Waals surface area contributed by atoms with Gasteiger partial charge in [-0.15, -0.1) is 0 Å². The Morgan fingerprint density at radius 2 is 1.77 bits per heavy atom. The van der Waals surface area contributed by atoms with Gasteiger partial charge < -0.3 is 15.1 Å². The zero-order valence-electron chi connectivity index (χ0n) is 20.1. The summed E-state index contributed by atoms with van der Waals surface area (Å²) in [5.74, 6) is 0.384. The average Bonchev–Trinajstić information content (AvgIpc) is 2.88. The van der Waals surface area contributed by atoms with Crippen molar-refractivity contribution in [3.63, 3.8) is 0 Å². The molecule has 4 rings (SSSR count). The quantitative estimate of drug-likeness (QED) is 0.500. The van der Waals surface area contributed by atoms with Crippen molar-refractivity contribution in [1.82, 2.24) is 15.2 Å². The zero-order chi connectivity index (χ0) is 24.8. The van der Waals surface area contributed by atoms with Crippen LogP contribution in [0.5, 0.6) is 0 Å². The summed E-state index contributed by atoms with van der Waals surface area (Å²) in [5, 5.41) is 3.31. The maximum Gasteiger partial charge on any atom is 0.261 e. The number of benzene rings is 2. The number of piperazine rings is 1. The Bertz CT molecular complexity index is 1260. The fourth-order valence-corrected chi connectivity index (χ4v) is 5.07. The number of carbonyl (C=O) groups is 1. The van der Waals surface area contributed by atoms with E-state index in [1.165, 1.54) is 6.20 Å². The first-order chi connectivity index (χ1) is 16.9. The predicted octanol–water partition coefficient (Wildman–Crippen LogP) is 3.26. The Morgan fingerprint density at radius 1 is 1.09 bits per heavy atom. The Kier molecular flexibility index (Phi) is 7.67. The van der Waals surface area contributed by atoms with E-state index in [9.17, 15) is 13.2 Å². The van der Waals surface area contributed by atoms with Crippen LogP contribution in [0.15, 0.2) is 71.8 Å². The van der Waals surface area contributed by atoms with E-state index in [4.69, 9.17) is 0 Å². The molecule has 9 heteroatoms. The van der Waals surface area contributed by atoms with Gasteiger partial charge in [0.2, 0.25) is 0 Å². The normalized spacial score (nSPS) is 13.9. The minimum absolute atomic E-state index is 0.154. The highest BCUT2D eigenvalue weighted by Crippen LogP contribution is 2.26. The number of anilines is 2. The third-order valence-corrected chi connectivity index (χ3v) is 7.38. The van der Waals surface area contributed by atoms with Gasteiger partial charge >= 0.3 is 0 Å². The number of rotatable bonds is 8. The van der Waals surface area contributed by atoms with E-state index in [0.29, 0.717) is 37.6 Å². The van der Waals surface area contributed by atoms with Gasteiger partial charge in [0, 0.05) is 39.3 Å². The van der Waals surface area contributed by atoms with Gasteiger partial charge in [0.25, 0.3) is 15.9 Å². The topological polar surface area (TPSA) is 94.6 Å². The first-order valence-electron chi connectivity index (χ1n) is 11.8. The Labute approximate surface area is 207 Å². The molecule has 2 aromatic carbocycles. The summed E-state index contributed by atoms with van der Waals surface area (Å²) < 4.78 is 28.5. The van der Waals surface area contributed by atoms with Gasteiger partial charge in [-0.05, 0) is 37.6 Å². The molecular formula is C26H31N5O3S. The summed E-state index contributed by atoms with van der Waals surface area (Å²) in [6.07, 6.45) is 1.48. The van der Waals surface area contributed by atoms with E-state index in [0.717, 1.165) is 24.2 Å². The van der Waals surface area contributed by atoms with Crippen molar-refractivity contribution < 1.29 is 13.2 Å². The SMILES string of the molecule is CCN(Cc1ccccc1)C(=O)c1cc(NS(=O)(=O)c2ccc(C)cc2)cnc1N1CCNCC1. The smallest absolute Gasteiger partial charge is 0.261 e. The van der Waals surface area contributed by atoms with Gasteiger partial charge in [-0.1, -0.05) is 48.0 Å². The summed E-state index contributed by atoms with van der Waals surface area (Å²) in [5.41, 5.74) is 2.63. The molecule has 0 saturated carbocycles. The number of hydrogen-bond acceptors (Lipinski definition) is 6. The standard InChI is InChI=1S/C26H31N5O3S/c1-3-30(19-21-7-5-4-6-8-21)26(32)24-17-22(18-28-25(24)31-15-13-27-14-16-31)29-35(33,34)23-11-9-20(2)10-12-23/h4-12,17-18,27,29H,3,13-16,19H2,1-2H3. The fraction of sp³-hybridized carbons (Fsp3) is 0.308. The van der Waals surface area contributed by atoms with E-state index in [1.54, 1.807) is 35.2 Å². The van der Waals surface area contributed by atoms with Crippen molar-refractivity contribution in [3.05, 3.63) is 83.6 Å². The number of aromatic nitrogens is 1. The highest BCUT2D eigenvalue weighted by Gasteiger charge is 2.25. The number of hydrogen-bond donors (Lipinski definition) is 2. The number of pyridine rings is 1. The Hall–Kier alpha value is -3.43. The second-order valence-electron chi connectivity index (χ2n) is 8.56. The van der Waals surface area contributed by atoms with Gasteiger partial charge in [0.05, 0.1) is 22.3 Å². The first kappa shape index (κ1) is 24.7. The van der Waals surface area contributed by atoms with Gasteiger partial charge in [-0.3, -0.25) is 9.52 Å². The predicted molar refractivity (Wildman–Crippen MR) is 138 cm³/mol. The molecule has 0 radical (unpaired) electrons. The number of nitrogens with zero attached hydrogens (tertiary/aromatic N) is 3. The van der Waals surface area contributed by atoms with Crippen molar-refractivity contribution in [2.24, 2.45) is 0 Å². The molecule has 1 aliphatic heterocycles. The molecule has 8 nitrogen and oxygen atoms in total. The molecule has 1 aromatic heterocycles. The molecule has 0 spiro atoms. The molecule has 2 N–H and O–H groups in total. The third kappa shape index (κ3) is 5.98. The van der Waals surface area contributed by atoms with Crippen LogP contribution in [-0.4, -0.2) is 56.9 Å². The minimum atomic E-state index is -3.82. The number of sulfonamides is 1. The molecule has 35 heavy (non-hydrogen) atoms. The molecule has 0 bridgehead atoms. The molecule has 0 atom stereocenters. The summed E-state index contributed by atoms with van der Waals surface area (Å²) in [4.78, 5) is 22.3. The van der Waals surface area contributed by atoms with Crippen LogP contribution in [0.2, 0.25) is 0 Å². The Morgan fingerprint density at radius 3 is 2.43 bits per heavy atom. The van der Waals surface area contributed by atoms with Crippen LogP contribution in [0.1, 0.15) is 28.4 Å². The van der Waals surface area contributed by atoms with Crippen LogP contribution in [0.25, 0.3) is 0 Å². The van der Waals surface area contributed by atoms with Crippen molar-refractivity contribution in [2.75, 3.05) is 42.3 Å². The van der Waals surface area contributed by atoms with Gasteiger partial charge in [-0.25, -0.2) is 13.4 Å². The highest BCUT2D eigenvalue weighted by molar-refractivity contribution is 7.92. The van der Waals surface area contributed by atoms with E-state index < -0.39 is 10.0 Å². The lowest BCUT2D eigenvalue weighted by atomic mass is 10.1. The molecule has 1 fully saturated rings. The van der Waals surface area contributed by atoms with Crippen LogP contribution in [0.3, 0.4) is 0 Å². The van der Waals surface area contributed by atoms with Crippen molar-refractivity contribution in [1.29, 1.82) is 0 Å². The third-order valence-electron chi connectivity index (χ3n) is 5.98. The van der Waals surface area contributed by atoms with E-state index in [2.05, 4.69) is 19.9 Å². The number of nitrogens with one attached hydrogen (secondary N) is 2. The van der Waals surface area contributed by atoms with Crippen LogP contribution >= 0.6 is 0 Å². The maximum absolute atomic E-state index is 13.7. The lowest BCUT2D eigenvalue weighted by molar-refractivity contribution is 0.0752. The average molecular weight is 494 g/mol. The molecule has 1 amide bonds. The van der Waals surface area contributed by atoms with Crippen LogP contribution < -0.4 is 14.9 Å². The summed E-state index contributed by atoms with van der Waals surface area (Å²) in [6.45, 7) is 7.80. The van der Waals surface area contributed by atoms with Gasteiger partial charge in [0.15, 0.2) is 0 Å². The molecule has 184 valence electrons.